The lowest BCUT2D eigenvalue weighted by Gasteiger charge is -2.18. The monoisotopic (exact) mass is 349 g/mol. The van der Waals surface area contributed by atoms with E-state index in [4.69, 9.17) is 9.15 Å². The predicted molar refractivity (Wildman–Crippen MR) is 101 cm³/mol. The van der Waals surface area contributed by atoms with Crippen LogP contribution >= 0.6 is 0 Å². The summed E-state index contributed by atoms with van der Waals surface area (Å²) in [4.78, 5) is 14.5. The van der Waals surface area contributed by atoms with Gasteiger partial charge in [-0.1, -0.05) is 49.2 Å². The summed E-state index contributed by atoms with van der Waals surface area (Å²) in [6.45, 7) is 1.95. The number of rotatable bonds is 4. The Balaban J connectivity index is 1.44. The first kappa shape index (κ1) is 16.7. The third-order valence-electron chi connectivity index (χ3n) is 4.89. The molecule has 4 heteroatoms. The summed E-state index contributed by atoms with van der Waals surface area (Å²) in [5.74, 6) is 1.88. The molecule has 4 nitrogen and oxygen atoms in total. The minimum Gasteiger partial charge on any atom is -0.485 e. The first-order valence-electron chi connectivity index (χ1n) is 9.30. The van der Waals surface area contributed by atoms with Gasteiger partial charge >= 0.3 is 0 Å². The Bertz CT molecular complexity index is 886. The van der Waals surface area contributed by atoms with Gasteiger partial charge in [0.15, 0.2) is 5.76 Å². The molecule has 2 heterocycles. The highest BCUT2D eigenvalue weighted by Gasteiger charge is 2.20. The maximum absolute atomic E-state index is 12.6. The van der Waals surface area contributed by atoms with Crippen molar-refractivity contribution >= 4 is 16.7 Å². The zero-order valence-electron chi connectivity index (χ0n) is 14.8. The Kier molecular flexibility index (Phi) is 4.91. The van der Waals surface area contributed by atoms with Crippen molar-refractivity contribution in [3.05, 3.63) is 66.1 Å². The SMILES string of the molecule is O=C(c1ccc(COc2cccc3ccccc23)o1)N1CCCCCC1. The van der Waals surface area contributed by atoms with E-state index in [1.165, 1.54) is 12.8 Å². The Morgan fingerprint density at radius 1 is 0.923 bits per heavy atom. The van der Waals surface area contributed by atoms with Crippen LogP contribution in [-0.2, 0) is 6.61 Å². The molecule has 1 aromatic heterocycles. The minimum atomic E-state index is -0.0108. The van der Waals surface area contributed by atoms with Crippen LogP contribution in [0.3, 0.4) is 0 Å². The lowest BCUT2D eigenvalue weighted by atomic mass is 10.1. The normalized spacial score (nSPS) is 15.0. The molecule has 1 aliphatic heterocycles. The summed E-state index contributed by atoms with van der Waals surface area (Å²) >= 11 is 0. The van der Waals surface area contributed by atoms with E-state index < -0.39 is 0 Å². The van der Waals surface area contributed by atoms with Crippen molar-refractivity contribution in [3.8, 4) is 5.75 Å². The summed E-state index contributed by atoms with van der Waals surface area (Å²) in [6, 6.07) is 17.7. The average Bonchev–Trinajstić information content (AvgIpc) is 2.99. The smallest absolute Gasteiger partial charge is 0.289 e. The van der Waals surface area contributed by atoms with Crippen LogP contribution in [0.2, 0.25) is 0 Å². The van der Waals surface area contributed by atoms with Crippen LogP contribution in [0, 0.1) is 0 Å². The lowest BCUT2D eigenvalue weighted by Crippen LogP contribution is -2.31. The van der Waals surface area contributed by atoms with E-state index >= 15 is 0 Å². The number of nitrogens with zero attached hydrogens (tertiary/aromatic N) is 1. The molecule has 134 valence electrons. The summed E-state index contributed by atoms with van der Waals surface area (Å²) in [5.41, 5.74) is 0. The number of amides is 1. The predicted octanol–water partition coefficient (Wildman–Crippen LogP) is 5.03. The molecule has 2 aromatic carbocycles. The second-order valence-corrected chi connectivity index (χ2v) is 6.74. The molecule has 0 bridgehead atoms. The van der Waals surface area contributed by atoms with E-state index in [0.29, 0.717) is 18.1 Å². The number of fused-ring (bicyclic) bond motifs is 1. The number of carbonyl (C=O) groups is 1. The number of hydrogen-bond acceptors (Lipinski definition) is 3. The van der Waals surface area contributed by atoms with E-state index in [0.717, 1.165) is 42.5 Å². The Labute approximate surface area is 153 Å². The number of likely N-dealkylation sites (tertiary alicyclic amines) is 1. The Hall–Kier alpha value is -2.75. The van der Waals surface area contributed by atoms with Gasteiger partial charge in [0.1, 0.15) is 18.1 Å². The molecule has 0 saturated carbocycles. The molecule has 4 rings (SSSR count). The van der Waals surface area contributed by atoms with Gasteiger partial charge in [-0.3, -0.25) is 4.79 Å². The highest BCUT2D eigenvalue weighted by molar-refractivity contribution is 5.91. The third kappa shape index (κ3) is 3.59. The van der Waals surface area contributed by atoms with Gasteiger partial charge in [-0.25, -0.2) is 0 Å². The van der Waals surface area contributed by atoms with Crippen LogP contribution in [0.5, 0.6) is 5.75 Å². The second kappa shape index (κ2) is 7.65. The van der Waals surface area contributed by atoms with E-state index in [-0.39, 0.29) is 5.91 Å². The van der Waals surface area contributed by atoms with Crippen molar-refractivity contribution in [3.63, 3.8) is 0 Å². The van der Waals surface area contributed by atoms with Crippen molar-refractivity contribution < 1.29 is 13.9 Å². The van der Waals surface area contributed by atoms with Crippen LogP contribution < -0.4 is 4.74 Å². The summed E-state index contributed by atoms with van der Waals surface area (Å²) in [6.07, 6.45) is 4.55. The number of hydrogen-bond donors (Lipinski definition) is 0. The Morgan fingerprint density at radius 3 is 2.54 bits per heavy atom. The number of furan rings is 1. The van der Waals surface area contributed by atoms with Gasteiger partial charge in [0.05, 0.1) is 0 Å². The third-order valence-corrected chi connectivity index (χ3v) is 4.89. The van der Waals surface area contributed by atoms with Crippen molar-refractivity contribution in [2.45, 2.75) is 32.3 Å². The van der Waals surface area contributed by atoms with Gasteiger partial charge in [-0.15, -0.1) is 0 Å². The molecule has 1 amide bonds. The van der Waals surface area contributed by atoms with Crippen LogP contribution in [0.15, 0.2) is 59.0 Å². The van der Waals surface area contributed by atoms with Gasteiger partial charge in [0.25, 0.3) is 5.91 Å². The molecule has 0 N–H and O–H groups in total. The lowest BCUT2D eigenvalue weighted by molar-refractivity contribution is 0.0725. The van der Waals surface area contributed by atoms with Crippen LogP contribution in [0.25, 0.3) is 10.8 Å². The summed E-state index contributed by atoms with van der Waals surface area (Å²) in [7, 11) is 0. The van der Waals surface area contributed by atoms with E-state index in [2.05, 4.69) is 12.1 Å². The van der Waals surface area contributed by atoms with E-state index in [1.807, 2.05) is 41.3 Å². The van der Waals surface area contributed by atoms with E-state index in [9.17, 15) is 4.79 Å². The fourth-order valence-electron chi connectivity index (χ4n) is 3.47. The van der Waals surface area contributed by atoms with Crippen LogP contribution in [-0.4, -0.2) is 23.9 Å². The maximum Gasteiger partial charge on any atom is 0.289 e. The first-order valence-corrected chi connectivity index (χ1v) is 9.30. The maximum atomic E-state index is 12.6. The molecule has 1 fully saturated rings. The average molecular weight is 349 g/mol. The number of ether oxygens (including phenoxy) is 1. The second-order valence-electron chi connectivity index (χ2n) is 6.74. The molecule has 3 aromatic rings. The van der Waals surface area contributed by atoms with Gasteiger partial charge in [-0.05, 0) is 36.4 Å². The zero-order valence-corrected chi connectivity index (χ0v) is 14.8. The standard InChI is InChI=1S/C22H23NO3/c24-22(23-14-5-1-2-6-15-23)21-13-12-18(26-21)16-25-20-11-7-9-17-8-3-4-10-19(17)20/h3-4,7-13H,1-2,5-6,14-16H2. The van der Waals surface area contributed by atoms with Gasteiger partial charge in [0, 0.05) is 18.5 Å². The van der Waals surface area contributed by atoms with Crippen LogP contribution in [0.1, 0.15) is 42.0 Å². The minimum absolute atomic E-state index is 0.0108. The molecule has 1 saturated heterocycles. The molecule has 1 aliphatic rings. The highest BCUT2D eigenvalue weighted by atomic mass is 16.5. The molecular weight excluding hydrogens is 326 g/mol. The molecule has 0 unspecified atom stereocenters. The molecule has 0 radical (unpaired) electrons. The van der Waals surface area contributed by atoms with Crippen molar-refractivity contribution in [1.82, 2.24) is 4.90 Å². The molecule has 0 aliphatic carbocycles. The summed E-state index contributed by atoms with van der Waals surface area (Å²) < 4.78 is 11.7. The fourth-order valence-corrected chi connectivity index (χ4v) is 3.47. The topological polar surface area (TPSA) is 42.7 Å². The van der Waals surface area contributed by atoms with Gasteiger partial charge in [0.2, 0.25) is 0 Å². The summed E-state index contributed by atoms with van der Waals surface area (Å²) in [5, 5.41) is 2.21. The van der Waals surface area contributed by atoms with E-state index in [1.54, 1.807) is 6.07 Å². The van der Waals surface area contributed by atoms with Crippen molar-refractivity contribution in [1.29, 1.82) is 0 Å². The Morgan fingerprint density at radius 2 is 1.69 bits per heavy atom. The molecular formula is C22H23NO3. The largest absolute Gasteiger partial charge is 0.485 e. The zero-order chi connectivity index (χ0) is 17.8. The van der Waals surface area contributed by atoms with Gasteiger partial charge in [-0.2, -0.15) is 0 Å². The molecule has 26 heavy (non-hydrogen) atoms. The molecule has 0 spiro atoms. The van der Waals surface area contributed by atoms with Gasteiger partial charge < -0.3 is 14.1 Å². The van der Waals surface area contributed by atoms with Crippen LogP contribution in [0.4, 0.5) is 0 Å². The highest BCUT2D eigenvalue weighted by Crippen LogP contribution is 2.26. The fraction of sp³-hybridized carbons (Fsp3) is 0.318. The number of benzene rings is 2. The molecule has 0 atom stereocenters. The quantitative estimate of drug-likeness (QED) is 0.663. The number of carbonyl (C=O) groups excluding carboxylic acids is 1. The van der Waals surface area contributed by atoms with Crippen molar-refractivity contribution in [2.24, 2.45) is 0 Å². The van der Waals surface area contributed by atoms with Crippen molar-refractivity contribution in [2.75, 3.05) is 13.1 Å². The first-order chi connectivity index (χ1) is 12.8.